The lowest BCUT2D eigenvalue weighted by atomic mass is 9.80. The average Bonchev–Trinajstić information content (AvgIpc) is 2.65. The van der Waals surface area contributed by atoms with Gasteiger partial charge in [-0.1, -0.05) is 0 Å². The van der Waals surface area contributed by atoms with Crippen molar-refractivity contribution in [3.63, 3.8) is 0 Å². The Morgan fingerprint density at radius 3 is 2.50 bits per heavy atom. The molecule has 0 unspecified atom stereocenters. The van der Waals surface area contributed by atoms with E-state index >= 15 is 0 Å². The number of hydrogen-bond acceptors (Lipinski definition) is 3. The number of aromatic nitrogens is 2. The van der Waals surface area contributed by atoms with Crippen LogP contribution in [0.15, 0.2) is 4.99 Å². The zero-order valence-corrected chi connectivity index (χ0v) is 16.3. The summed E-state index contributed by atoms with van der Waals surface area (Å²) < 4.78 is 1.89. The zero-order chi connectivity index (χ0) is 15.5. The van der Waals surface area contributed by atoms with Crippen LogP contribution in [0.2, 0.25) is 0 Å². The first-order valence-corrected chi connectivity index (χ1v) is 7.69. The predicted octanol–water partition coefficient (Wildman–Crippen LogP) is 1.63. The van der Waals surface area contributed by atoms with Gasteiger partial charge in [0.05, 0.1) is 17.8 Å². The van der Waals surface area contributed by atoms with Crippen LogP contribution in [0.5, 0.6) is 0 Å². The van der Waals surface area contributed by atoms with Crippen LogP contribution in [0, 0.1) is 13.8 Å². The maximum atomic E-state index is 10.1. The standard InChI is InChI=1S/C15H27N5O.HI/c1-5-16-14(18-10-15(21)7-6-8-15)17-9-13-11(2)19-20(4)12(13)3;/h21H,5-10H2,1-4H3,(H2,16,17,18);1H. The van der Waals surface area contributed by atoms with Crippen molar-refractivity contribution in [2.45, 2.75) is 52.2 Å². The Labute approximate surface area is 149 Å². The summed E-state index contributed by atoms with van der Waals surface area (Å²) in [5.41, 5.74) is 2.78. The second-order valence-electron chi connectivity index (χ2n) is 5.90. The van der Waals surface area contributed by atoms with E-state index in [4.69, 9.17) is 0 Å². The number of aliphatic imine (C=N–C) groups is 1. The molecule has 1 aliphatic carbocycles. The number of hydrogen-bond donors (Lipinski definition) is 3. The van der Waals surface area contributed by atoms with Crippen LogP contribution in [-0.2, 0) is 13.6 Å². The minimum Gasteiger partial charge on any atom is -0.388 e. The van der Waals surface area contributed by atoms with Gasteiger partial charge in [-0.25, -0.2) is 4.99 Å². The molecule has 0 saturated heterocycles. The third-order valence-electron chi connectivity index (χ3n) is 4.27. The van der Waals surface area contributed by atoms with Gasteiger partial charge in [-0.3, -0.25) is 4.68 Å². The highest BCUT2D eigenvalue weighted by molar-refractivity contribution is 14.0. The van der Waals surface area contributed by atoms with E-state index < -0.39 is 5.60 Å². The molecule has 1 fully saturated rings. The largest absolute Gasteiger partial charge is 0.388 e. The molecular weight excluding hydrogens is 393 g/mol. The van der Waals surface area contributed by atoms with Gasteiger partial charge in [-0.2, -0.15) is 5.10 Å². The third kappa shape index (κ3) is 4.58. The summed E-state index contributed by atoms with van der Waals surface area (Å²) in [6.07, 6.45) is 2.86. The third-order valence-corrected chi connectivity index (χ3v) is 4.27. The maximum absolute atomic E-state index is 10.1. The minimum atomic E-state index is -0.545. The van der Waals surface area contributed by atoms with E-state index in [1.165, 1.54) is 0 Å². The number of aryl methyl sites for hydroxylation is 2. The number of nitrogens with one attached hydrogen (secondary N) is 2. The SMILES string of the molecule is CCNC(=NCc1c(C)nn(C)c1C)NCC1(O)CCC1.I. The molecule has 126 valence electrons. The first-order valence-electron chi connectivity index (χ1n) is 7.69. The Morgan fingerprint density at radius 1 is 1.36 bits per heavy atom. The van der Waals surface area contributed by atoms with Crippen molar-refractivity contribution < 1.29 is 5.11 Å². The Hall–Kier alpha value is -0.830. The topological polar surface area (TPSA) is 74.5 Å². The van der Waals surface area contributed by atoms with E-state index in [-0.39, 0.29) is 24.0 Å². The van der Waals surface area contributed by atoms with Gasteiger partial charge >= 0.3 is 0 Å². The number of guanidine groups is 1. The second kappa shape index (κ2) is 8.14. The Balaban J connectivity index is 0.00000242. The van der Waals surface area contributed by atoms with Gasteiger partial charge in [-0.15, -0.1) is 24.0 Å². The Kier molecular flexibility index (Phi) is 7.11. The quantitative estimate of drug-likeness (QED) is 0.384. The van der Waals surface area contributed by atoms with Crippen LogP contribution in [-0.4, -0.2) is 39.5 Å². The molecular formula is C15H28IN5O. The fourth-order valence-corrected chi connectivity index (χ4v) is 2.56. The lowest BCUT2D eigenvalue weighted by Crippen LogP contribution is -2.50. The number of aliphatic hydroxyl groups is 1. The summed E-state index contributed by atoms with van der Waals surface area (Å²) in [5, 5.41) is 21.0. The molecule has 6 nitrogen and oxygen atoms in total. The molecule has 1 aliphatic rings. The molecule has 2 rings (SSSR count). The van der Waals surface area contributed by atoms with Gasteiger partial charge in [-0.05, 0) is 40.0 Å². The molecule has 0 aromatic carbocycles. The fourth-order valence-electron chi connectivity index (χ4n) is 2.56. The van der Waals surface area contributed by atoms with E-state index in [1.54, 1.807) is 0 Å². The molecule has 3 N–H and O–H groups in total. The van der Waals surface area contributed by atoms with Crippen molar-refractivity contribution in [2.24, 2.45) is 12.0 Å². The van der Waals surface area contributed by atoms with E-state index in [2.05, 4.69) is 27.6 Å². The lowest BCUT2D eigenvalue weighted by Gasteiger charge is -2.37. The van der Waals surface area contributed by atoms with Crippen LogP contribution < -0.4 is 10.6 Å². The number of halogens is 1. The summed E-state index contributed by atoms with van der Waals surface area (Å²) >= 11 is 0. The molecule has 0 bridgehead atoms. The number of rotatable bonds is 5. The van der Waals surface area contributed by atoms with Crippen LogP contribution in [0.3, 0.4) is 0 Å². The van der Waals surface area contributed by atoms with Gasteiger partial charge in [0, 0.05) is 31.4 Å². The molecule has 0 aliphatic heterocycles. The smallest absolute Gasteiger partial charge is 0.191 e. The first-order chi connectivity index (χ1) is 9.95. The van der Waals surface area contributed by atoms with Crippen LogP contribution >= 0.6 is 24.0 Å². The molecule has 0 atom stereocenters. The Bertz CT molecular complexity index is 522. The monoisotopic (exact) mass is 421 g/mol. The summed E-state index contributed by atoms with van der Waals surface area (Å²) in [6, 6.07) is 0. The van der Waals surface area contributed by atoms with Crippen molar-refractivity contribution in [1.29, 1.82) is 0 Å². The highest BCUT2D eigenvalue weighted by Crippen LogP contribution is 2.30. The zero-order valence-electron chi connectivity index (χ0n) is 13.9. The molecule has 0 radical (unpaired) electrons. The summed E-state index contributed by atoms with van der Waals surface area (Å²) in [5.74, 6) is 0.750. The minimum absolute atomic E-state index is 0. The van der Waals surface area contributed by atoms with Crippen molar-refractivity contribution in [3.8, 4) is 0 Å². The summed E-state index contributed by atoms with van der Waals surface area (Å²) in [7, 11) is 1.95. The molecule has 1 aromatic heterocycles. The first kappa shape index (κ1) is 19.2. The summed E-state index contributed by atoms with van der Waals surface area (Å²) in [4.78, 5) is 4.61. The van der Waals surface area contributed by atoms with E-state index in [0.29, 0.717) is 13.1 Å². The molecule has 1 saturated carbocycles. The van der Waals surface area contributed by atoms with Gasteiger partial charge in [0.2, 0.25) is 0 Å². The molecule has 0 amide bonds. The van der Waals surface area contributed by atoms with E-state index in [9.17, 15) is 5.11 Å². The Morgan fingerprint density at radius 2 is 2.05 bits per heavy atom. The molecule has 7 heteroatoms. The van der Waals surface area contributed by atoms with E-state index in [1.807, 2.05) is 25.6 Å². The molecule has 0 spiro atoms. The average molecular weight is 421 g/mol. The lowest BCUT2D eigenvalue weighted by molar-refractivity contribution is -0.0279. The van der Waals surface area contributed by atoms with Crippen LogP contribution in [0.25, 0.3) is 0 Å². The van der Waals surface area contributed by atoms with Gasteiger partial charge in [0.25, 0.3) is 0 Å². The van der Waals surface area contributed by atoms with Crippen molar-refractivity contribution >= 4 is 29.9 Å². The molecule has 1 aromatic rings. The van der Waals surface area contributed by atoms with Gasteiger partial charge in [0.15, 0.2) is 5.96 Å². The van der Waals surface area contributed by atoms with Crippen LogP contribution in [0.4, 0.5) is 0 Å². The van der Waals surface area contributed by atoms with Gasteiger partial charge in [0.1, 0.15) is 0 Å². The normalized spacial score (nSPS) is 16.7. The van der Waals surface area contributed by atoms with E-state index in [0.717, 1.165) is 48.7 Å². The number of nitrogens with zero attached hydrogens (tertiary/aromatic N) is 3. The van der Waals surface area contributed by atoms with Crippen molar-refractivity contribution in [2.75, 3.05) is 13.1 Å². The highest BCUT2D eigenvalue weighted by atomic mass is 127. The highest BCUT2D eigenvalue weighted by Gasteiger charge is 2.34. The van der Waals surface area contributed by atoms with Crippen molar-refractivity contribution in [1.82, 2.24) is 20.4 Å². The predicted molar refractivity (Wildman–Crippen MR) is 99.7 cm³/mol. The molecule has 22 heavy (non-hydrogen) atoms. The second-order valence-corrected chi connectivity index (χ2v) is 5.90. The van der Waals surface area contributed by atoms with Crippen molar-refractivity contribution in [3.05, 3.63) is 17.0 Å². The van der Waals surface area contributed by atoms with Gasteiger partial charge < -0.3 is 15.7 Å². The summed E-state index contributed by atoms with van der Waals surface area (Å²) in [6.45, 7) is 8.06. The molecule has 1 heterocycles. The van der Waals surface area contributed by atoms with Crippen LogP contribution in [0.1, 0.15) is 43.1 Å². The maximum Gasteiger partial charge on any atom is 0.191 e. The fraction of sp³-hybridized carbons (Fsp3) is 0.733.